The van der Waals surface area contributed by atoms with Crippen molar-refractivity contribution in [1.29, 1.82) is 0 Å². The second-order valence-corrected chi connectivity index (χ2v) is 3.38. The highest BCUT2D eigenvalue weighted by atomic mass is 32.2. The lowest BCUT2D eigenvalue weighted by Gasteiger charge is -2.09. The number of thioether (sulfide) groups is 1. The molecule has 0 radical (unpaired) electrons. The van der Waals surface area contributed by atoms with Crippen molar-refractivity contribution in [2.45, 2.75) is 19.9 Å². The standard InChI is InChI=1S/C7H16N2S/c1-6(2)4-7(9-8)5-10-3/h4,7,9H,5,8H2,1-3H3. The van der Waals surface area contributed by atoms with Gasteiger partial charge < -0.3 is 0 Å². The van der Waals surface area contributed by atoms with Gasteiger partial charge in [-0.15, -0.1) is 0 Å². The first kappa shape index (κ1) is 10.0. The van der Waals surface area contributed by atoms with Crippen LogP contribution in [0.4, 0.5) is 0 Å². The number of rotatable bonds is 4. The second-order valence-electron chi connectivity index (χ2n) is 2.47. The largest absolute Gasteiger partial charge is 0.271 e. The molecule has 0 heterocycles. The molecule has 0 saturated heterocycles. The van der Waals surface area contributed by atoms with Crippen LogP contribution in [0.3, 0.4) is 0 Å². The van der Waals surface area contributed by atoms with E-state index in [2.05, 4.69) is 31.6 Å². The van der Waals surface area contributed by atoms with Crippen LogP contribution in [0.1, 0.15) is 13.8 Å². The molecule has 0 aliphatic heterocycles. The summed E-state index contributed by atoms with van der Waals surface area (Å²) in [5.74, 6) is 6.33. The lowest BCUT2D eigenvalue weighted by molar-refractivity contribution is 0.673. The fourth-order valence-corrected chi connectivity index (χ4v) is 1.28. The second kappa shape index (κ2) is 5.77. The van der Waals surface area contributed by atoms with Crippen LogP contribution < -0.4 is 11.3 Å². The topological polar surface area (TPSA) is 38.0 Å². The van der Waals surface area contributed by atoms with E-state index in [0.29, 0.717) is 6.04 Å². The van der Waals surface area contributed by atoms with Crippen molar-refractivity contribution in [3.05, 3.63) is 11.6 Å². The molecule has 0 saturated carbocycles. The van der Waals surface area contributed by atoms with Gasteiger partial charge in [0, 0.05) is 11.8 Å². The minimum absolute atomic E-state index is 0.319. The molecule has 0 rings (SSSR count). The van der Waals surface area contributed by atoms with Gasteiger partial charge >= 0.3 is 0 Å². The number of hydrazine groups is 1. The van der Waals surface area contributed by atoms with E-state index < -0.39 is 0 Å². The highest BCUT2D eigenvalue weighted by Crippen LogP contribution is 2.00. The van der Waals surface area contributed by atoms with Crippen molar-refractivity contribution in [1.82, 2.24) is 5.43 Å². The Balaban J connectivity index is 3.71. The molecule has 0 aromatic carbocycles. The van der Waals surface area contributed by atoms with Crippen LogP contribution in [0, 0.1) is 0 Å². The minimum Gasteiger partial charge on any atom is -0.271 e. The summed E-state index contributed by atoms with van der Waals surface area (Å²) in [6.07, 6.45) is 4.21. The molecule has 0 fully saturated rings. The predicted molar refractivity (Wildman–Crippen MR) is 48.9 cm³/mol. The van der Waals surface area contributed by atoms with E-state index >= 15 is 0 Å². The molecule has 1 unspecified atom stereocenters. The van der Waals surface area contributed by atoms with Gasteiger partial charge in [0.15, 0.2) is 0 Å². The van der Waals surface area contributed by atoms with E-state index in [4.69, 9.17) is 5.84 Å². The summed E-state index contributed by atoms with van der Waals surface area (Å²) < 4.78 is 0. The Labute approximate surface area is 67.2 Å². The van der Waals surface area contributed by atoms with Crippen LogP contribution in [0.5, 0.6) is 0 Å². The molecule has 60 valence electrons. The van der Waals surface area contributed by atoms with E-state index in [1.54, 1.807) is 11.8 Å². The monoisotopic (exact) mass is 160 g/mol. The van der Waals surface area contributed by atoms with Gasteiger partial charge in [-0.3, -0.25) is 11.3 Å². The van der Waals surface area contributed by atoms with E-state index in [1.165, 1.54) is 5.57 Å². The zero-order chi connectivity index (χ0) is 7.98. The molecular weight excluding hydrogens is 144 g/mol. The van der Waals surface area contributed by atoms with Crippen LogP contribution in [0.25, 0.3) is 0 Å². The quantitative estimate of drug-likeness (QED) is 0.368. The van der Waals surface area contributed by atoms with Crippen LogP contribution >= 0.6 is 11.8 Å². The third kappa shape index (κ3) is 4.85. The molecule has 0 aromatic heterocycles. The molecule has 0 spiro atoms. The van der Waals surface area contributed by atoms with Crippen molar-refractivity contribution < 1.29 is 0 Å². The Morgan fingerprint density at radius 3 is 2.60 bits per heavy atom. The van der Waals surface area contributed by atoms with Gasteiger partial charge in [0.05, 0.1) is 0 Å². The molecule has 0 amide bonds. The van der Waals surface area contributed by atoms with Crippen molar-refractivity contribution in [3.8, 4) is 0 Å². The van der Waals surface area contributed by atoms with E-state index in [1.807, 2.05) is 0 Å². The molecule has 0 aromatic rings. The van der Waals surface area contributed by atoms with E-state index in [-0.39, 0.29) is 0 Å². The Morgan fingerprint density at radius 2 is 2.30 bits per heavy atom. The molecular formula is C7H16N2S. The van der Waals surface area contributed by atoms with Crippen molar-refractivity contribution in [2.24, 2.45) is 5.84 Å². The van der Waals surface area contributed by atoms with E-state index in [0.717, 1.165) is 5.75 Å². The van der Waals surface area contributed by atoms with Gasteiger partial charge in [0.25, 0.3) is 0 Å². The van der Waals surface area contributed by atoms with Gasteiger partial charge in [-0.05, 0) is 20.1 Å². The van der Waals surface area contributed by atoms with Crippen molar-refractivity contribution in [3.63, 3.8) is 0 Å². The van der Waals surface area contributed by atoms with Gasteiger partial charge in [-0.1, -0.05) is 11.6 Å². The minimum atomic E-state index is 0.319. The fourth-order valence-electron chi connectivity index (χ4n) is 0.726. The highest BCUT2D eigenvalue weighted by Gasteiger charge is 1.98. The van der Waals surface area contributed by atoms with E-state index in [9.17, 15) is 0 Å². The third-order valence-electron chi connectivity index (χ3n) is 1.09. The van der Waals surface area contributed by atoms with Crippen molar-refractivity contribution >= 4 is 11.8 Å². The highest BCUT2D eigenvalue weighted by molar-refractivity contribution is 7.98. The number of nitrogens with one attached hydrogen (secondary N) is 1. The number of allylic oxidation sites excluding steroid dienone is 1. The average molecular weight is 160 g/mol. The maximum absolute atomic E-state index is 5.30. The molecule has 3 N–H and O–H groups in total. The van der Waals surface area contributed by atoms with Crippen molar-refractivity contribution in [2.75, 3.05) is 12.0 Å². The Hall–Kier alpha value is 0.01000. The van der Waals surface area contributed by atoms with Crippen LogP contribution in [0.2, 0.25) is 0 Å². The average Bonchev–Trinajstić information content (AvgIpc) is 1.86. The molecule has 0 aliphatic carbocycles. The first-order chi connectivity index (χ1) is 4.70. The summed E-state index contributed by atoms with van der Waals surface area (Å²) in [5, 5.41) is 0. The SMILES string of the molecule is CSCC(C=C(C)C)NN. The number of nitrogens with two attached hydrogens (primary N) is 1. The lowest BCUT2D eigenvalue weighted by atomic mass is 10.2. The van der Waals surface area contributed by atoms with Crippen LogP contribution in [-0.4, -0.2) is 18.1 Å². The first-order valence-electron chi connectivity index (χ1n) is 3.30. The maximum Gasteiger partial charge on any atom is 0.0483 e. The summed E-state index contributed by atoms with van der Waals surface area (Å²) >= 11 is 1.79. The van der Waals surface area contributed by atoms with Gasteiger partial charge in [-0.25, -0.2) is 0 Å². The zero-order valence-electron chi connectivity index (χ0n) is 6.85. The fraction of sp³-hybridized carbons (Fsp3) is 0.714. The predicted octanol–water partition coefficient (Wildman–Crippen LogP) is 1.15. The Morgan fingerprint density at radius 1 is 1.70 bits per heavy atom. The summed E-state index contributed by atoms with van der Waals surface area (Å²) in [4.78, 5) is 0. The Bertz CT molecular complexity index is 108. The van der Waals surface area contributed by atoms with Crippen LogP contribution in [-0.2, 0) is 0 Å². The normalized spacial score (nSPS) is 12.8. The summed E-state index contributed by atoms with van der Waals surface area (Å²) in [5.41, 5.74) is 4.04. The molecule has 2 nitrogen and oxygen atoms in total. The zero-order valence-corrected chi connectivity index (χ0v) is 7.66. The smallest absolute Gasteiger partial charge is 0.0483 e. The molecule has 1 atom stereocenters. The molecule has 0 bridgehead atoms. The first-order valence-corrected chi connectivity index (χ1v) is 4.70. The summed E-state index contributed by atoms with van der Waals surface area (Å²) in [7, 11) is 0. The Kier molecular flexibility index (Phi) is 5.78. The van der Waals surface area contributed by atoms with Gasteiger partial charge in [-0.2, -0.15) is 11.8 Å². The third-order valence-corrected chi connectivity index (χ3v) is 1.79. The van der Waals surface area contributed by atoms with Gasteiger partial charge in [0.1, 0.15) is 0 Å². The molecule has 10 heavy (non-hydrogen) atoms. The summed E-state index contributed by atoms with van der Waals surface area (Å²) in [6, 6.07) is 0.319. The molecule has 0 aliphatic rings. The number of hydrogen-bond acceptors (Lipinski definition) is 3. The maximum atomic E-state index is 5.30. The van der Waals surface area contributed by atoms with Gasteiger partial charge in [0.2, 0.25) is 0 Å². The lowest BCUT2D eigenvalue weighted by Crippen LogP contribution is -2.35. The molecule has 3 heteroatoms. The number of hydrogen-bond donors (Lipinski definition) is 2. The van der Waals surface area contributed by atoms with Crippen LogP contribution in [0.15, 0.2) is 11.6 Å². The summed E-state index contributed by atoms with van der Waals surface area (Å²) in [6.45, 7) is 4.15.